The summed E-state index contributed by atoms with van der Waals surface area (Å²) in [6.45, 7) is 2.00. The number of hydrogen-bond acceptors (Lipinski definition) is 8. The van der Waals surface area contributed by atoms with Gasteiger partial charge in [0, 0.05) is 45.8 Å². The summed E-state index contributed by atoms with van der Waals surface area (Å²) in [5.74, 6) is -0.158. The first-order valence-electron chi connectivity index (χ1n) is 11.4. The zero-order chi connectivity index (χ0) is 23.3. The van der Waals surface area contributed by atoms with Gasteiger partial charge in [0.05, 0.1) is 23.9 Å². The molecule has 33 heavy (non-hydrogen) atoms. The van der Waals surface area contributed by atoms with Crippen molar-refractivity contribution < 1.29 is 22.0 Å². The Morgan fingerprint density at radius 2 is 1.85 bits per heavy atom. The normalized spacial score (nSPS) is 31.6. The molecule has 1 aromatic heterocycles. The maximum atomic E-state index is 15.1. The molecule has 2 saturated heterocycles. The fourth-order valence-corrected chi connectivity index (χ4v) is 6.86. The van der Waals surface area contributed by atoms with Gasteiger partial charge in [-0.05, 0) is 12.8 Å². The number of nitrogens with zero attached hydrogens (tertiary/aromatic N) is 4. The maximum absolute atomic E-state index is 15.1. The first kappa shape index (κ1) is 22.7. The predicted octanol–water partition coefficient (Wildman–Crippen LogP) is -1.25. The molecular weight excluding hydrogens is 458 g/mol. The van der Waals surface area contributed by atoms with E-state index in [-0.39, 0.29) is 36.3 Å². The van der Waals surface area contributed by atoms with Crippen LogP contribution in [-0.4, -0.2) is 109 Å². The lowest BCUT2D eigenvalue weighted by molar-refractivity contribution is 0.0363. The van der Waals surface area contributed by atoms with E-state index in [4.69, 9.17) is 5.73 Å². The number of piperidine rings is 1. The van der Waals surface area contributed by atoms with E-state index in [1.54, 1.807) is 0 Å². The van der Waals surface area contributed by atoms with Crippen molar-refractivity contribution in [2.75, 3.05) is 56.9 Å². The quantitative estimate of drug-likeness (QED) is 0.403. The summed E-state index contributed by atoms with van der Waals surface area (Å²) in [6, 6.07) is -1.16. The van der Waals surface area contributed by atoms with Crippen molar-refractivity contribution in [3.8, 4) is 0 Å². The zero-order valence-corrected chi connectivity index (χ0v) is 19.0. The zero-order valence-electron chi connectivity index (χ0n) is 18.2. The first-order chi connectivity index (χ1) is 15.8. The molecule has 1 aliphatic carbocycles. The third-order valence-corrected chi connectivity index (χ3v) is 9.27. The van der Waals surface area contributed by atoms with Crippen LogP contribution < -0.4 is 21.7 Å². The number of sulfonamides is 1. The van der Waals surface area contributed by atoms with E-state index in [2.05, 4.69) is 21.0 Å². The highest BCUT2D eigenvalue weighted by Crippen LogP contribution is 2.32. The average molecular weight is 489 g/mol. The minimum Gasteiger partial charge on any atom is -0.381 e. The number of nitrogens with two attached hydrogens (primary N) is 1. The highest BCUT2D eigenvalue weighted by atomic mass is 32.2. The number of amides is 1. The molecule has 4 heterocycles. The summed E-state index contributed by atoms with van der Waals surface area (Å²) in [7, 11) is -3.26. The molecule has 1 aromatic rings. The molecule has 0 radical (unpaired) electrons. The molecule has 1 amide bonds. The minimum atomic E-state index is -3.26. The number of fused-ring (bicyclic) bond motifs is 1. The minimum absolute atomic E-state index is 0.00796. The van der Waals surface area contributed by atoms with Crippen LogP contribution in [0.25, 0.3) is 0 Å². The van der Waals surface area contributed by atoms with Gasteiger partial charge < -0.3 is 21.7 Å². The van der Waals surface area contributed by atoms with Crippen LogP contribution in [0.2, 0.25) is 0 Å². The van der Waals surface area contributed by atoms with E-state index in [0.717, 1.165) is 0 Å². The third kappa shape index (κ3) is 4.29. The van der Waals surface area contributed by atoms with Gasteiger partial charge in [0.15, 0.2) is 5.82 Å². The lowest BCUT2D eigenvalue weighted by Crippen LogP contribution is -2.67. The van der Waals surface area contributed by atoms with E-state index >= 15 is 4.39 Å². The van der Waals surface area contributed by atoms with Crippen LogP contribution in [0.1, 0.15) is 23.2 Å². The Morgan fingerprint density at radius 3 is 2.55 bits per heavy atom. The Hall–Kier alpha value is -2.03. The molecule has 0 bridgehead atoms. The molecule has 11 nitrogen and oxygen atoms in total. The van der Waals surface area contributed by atoms with E-state index in [1.807, 2.05) is 4.90 Å². The number of anilines is 2. The lowest BCUT2D eigenvalue weighted by Gasteiger charge is -2.45. The highest BCUT2D eigenvalue weighted by molar-refractivity contribution is 7.90. The Kier molecular flexibility index (Phi) is 5.95. The molecule has 4 unspecified atom stereocenters. The lowest BCUT2D eigenvalue weighted by atomic mass is 9.96. The highest BCUT2D eigenvalue weighted by Gasteiger charge is 2.44. The van der Waals surface area contributed by atoms with Crippen molar-refractivity contribution in [2.24, 2.45) is 0 Å². The number of halogens is 2. The molecule has 3 aliphatic heterocycles. The fraction of sp³-hybridized carbons (Fsp3) is 0.789. The second-order valence-corrected chi connectivity index (χ2v) is 11.4. The van der Waals surface area contributed by atoms with Gasteiger partial charge in [-0.1, -0.05) is 0 Å². The number of nitrogen functional groups attached to an aromatic ring is 1. The van der Waals surface area contributed by atoms with Gasteiger partial charge in [-0.2, -0.15) is 9.40 Å². The largest absolute Gasteiger partial charge is 0.381 e. The Morgan fingerprint density at radius 1 is 1.12 bits per heavy atom. The van der Waals surface area contributed by atoms with Crippen LogP contribution in [0.4, 0.5) is 20.4 Å². The number of hydrogen-bond donors (Lipinski definition) is 4. The summed E-state index contributed by atoms with van der Waals surface area (Å²) in [4.78, 5) is 15.0. The molecule has 1 saturated carbocycles. The summed E-state index contributed by atoms with van der Waals surface area (Å²) in [5, 5.41) is 12.5. The molecule has 5 N–H and O–H groups in total. The van der Waals surface area contributed by atoms with Crippen molar-refractivity contribution >= 4 is 27.6 Å². The molecule has 5 rings (SSSR count). The molecule has 0 aromatic carbocycles. The number of rotatable bonds is 5. The fourth-order valence-electron chi connectivity index (χ4n) is 5.04. The van der Waals surface area contributed by atoms with Crippen molar-refractivity contribution in [3.63, 3.8) is 0 Å². The van der Waals surface area contributed by atoms with Crippen molar-refractivity contribution in [2.45, 2.75) is 49.1 Å². The summed E-state index contributed by atoms with van der Waals surface area (Å²) < 4.78 is 56.6. The molecular formula is C19H30F2N8O3S. The topological polar surface area (TPSA) is 138 Å². The van der Waals surface area contributed by atoms with Gasteiger partial charge in [-0.25, -0.2) is 21.9 Å². The van der Waals surface area contributed by atoms with E-state index in [1.165, 1.54) is 8.99 Å². The maximum Gasteiger partial charge on any atom is 0.259 e. The van der Waals surface area contributed by atoms with Crippen molar-refractivity contribution in [1.82, 2.24) is 29.6 Å². The molecule has 184 valence electrons. The van der Waals surface area contributed by atoms with Crippen molar-refractivity contribution in [3.05, 3.63) is 5.56 Å². The number of aromatic nitrogens is 2. The van der Waals surface area contributed by atoms with E-state index < -0.39 is 40.4 Å². The monoisotopic (exact) mass is 488 g/mol. The summed E-state index contributed by atoms with van der Waals surface area (Å²) in [6.07, 6.45) is -0.950. The van der Waals surface area contributed by atoms with Gasteiger partial charge in [0.25, 0.3) is 5.91 Å². The summed E-state index contributed by atoms with van der Waals surface area (Å²) in [5.41, 5.74) is 6.07. The van der Waals surface area contributed by atoms with Crippen molar-refractivity contribution in [1.29, 1.82) is 0 Å². The molecule has 3 fully saturated rings. The van der Waals surface area contributed by atoms with Gasteiger partial charge in [-0.15, -0.1) is 0 Å². The molecule has 4 aliphatic rings. The number of nitrogens with one attached hydrogen (secondary N) is 3. The van der Waals surface area contributed by atoms with Crippen LogP contribution in [0.5, 0.6) is 0 Å². The van der Waals surface area contributed by atoms with Gasteiger partial charge in [0.2, 0.25) is 10.0 Å². The number of piperazine rings is 1. The second-order valence-electron chi connectivity index (χ2n) is 9.19. The SMILES string of the molecule is Nc1nn2c(c1C(=O)NC1CNCC(F)C1N1CCN(S(=O)(=O)C3CC3)CC1)NCC(F)C2. The predicted molar refractivity (Wildman–Crippen MR) is 118 cm³/mol. The van der Waals surface area contributed by atoms with Crippen LogP contribution in [0.15, 0.2) is 0 Å². The van der Waals surface area contributed by atoms with Crippen LogP contribution >= 0.6 is 0 Å². The number of carbonyl (C=O) groups excluding carboxylic acids is 1. The smallest absolute Gasteiger partial charge is 0.259 e. The van der Waals surface area contributed by atoms with E-state index in [9.17, 15) is 17.6 Å². The summed E-state index contributed by atoms with van der Waals surface area (Å²) >= 11 is 0. The average Bonchev–Trinajstić information content (AvgIpc) is 3.57. The molecule has 14 heteroatoms. The van der Waals surface area contributed by atoms with Gasteiger partial charge >= 0.3 is 0 Å². The van der Waals surface area contributed by atoms with Crippen LogP contribution in [0.3, 0.4) is 0 Å². The van der Waals surface area contributed by atoms with E-state index in [0.29, 0.717) is 51.4 Å². The number of alkyl halides is 2. The Bertz CT molecular complexity index is 1010. The molecule has 0 spiro atoms. The Balaban J connectivity index is 1.28. The standard InChI is InChI=1S/C19H30F2N8O3S/c20-11-7-24-18-15(17(22)26-29(18)10-11)19(30)25-14-9-23-8-13(21)16(14)27-3-5-28(6-4-27)33(31,32)12-1-2-12/h11-14,16,23-24H,1-10H2,(H2,22,26)(H,25,30). The Labute approximate surface area is 191 Å². The number of carbonyl (C=O) groups is 1. The third-order valence-electron chi connectivity index (χ3n) is 6.87. The van der Waals surface area contributed by atoms with Gasteiger partial charge in [0.1, 0.15) is 23.7 Å². The van der Waals surface area contributed by atoms with Gasteiger partial charge in [-0.3, -0.25) is 9.69 Å². The van der Waals surface area contributed by atoms with Crippen LogP contribution in [0, 0.1) is 0 Å². The molecule has 4 atom stereocenters. The van der Waals surface area contributed by atoms with Crippen LogP contribution in [-0.2, 0) is 16.6 Å². The second kappa shape index (κ2) is 8.64. The first-order valence-corrected chi connectivity index (χ1v) is 12.9.